The van der Waals surface area contributed by atoms with Crippen molar-refractivity contribution in [3.05, 3.63) is 11.6 Å². The fourth-order valence-corrected chi connectivity index (χ4v) is 4.65. The number of hydrogen-bond donors (Lipinski definition) is 0. The van der Waals surface area contributed by atoms with Crippen LogP contribution in [-0.2, 0) is 26.4 Å². The average molecular weight is 335 g/mol. The van der Waals surface area contributed by atoms with Crippen LogP contribution < -0.4 is 0 Å². The number of hydrogen-bond acceptors (Lipinski definition) is 5. The first-order valence-corrected chi connectivity index (χ1v) is 9.57. The number of aromatic nitrogens is 3. The summed E-state index contributed by atoms with van der Waals surface area (Å²) >= 11 is 0. The van der Waals surface area contributed by atoms with Gasteiger partial charge in [-0.3, -0.25) is 0 Å². The first-order valence-electron chi connectivity index (χ1n) is 9.57. The number of nitrogens with zero attached hydrogens (tertiary/aromatic N) is 3. The monoisotopic (exact) mass is 335 g/mol. The Morgan fingerprint density at radius 1 is 1.12 bits per heavy atom. The van der Waals surface area contributed by atoms with Gasteiger partial charge in [-0.2, -0.15) is 0 Å². The summed E-state index contributed by atoms with van der Waals surface area (Å²) in [6.07, 6.45) is 6.85. The summed E-state index contributed by atoms with van der Waals surface area (Å²) in [4.78, 5) is 0. The van der Waals surface area contributed by atoms with Gasteiger partial charge in [-0.25, -0.2) is 0 Å². The molecule has 1 aromatic rings. The van der Waals surface area contributed by atoms with E-state index in [1.807, 2.05) is 6.92 Å². The molecule has 6 heteroatoms. The Morgan fingerprint density at radius 2 is 2.00 bits per heavy atom. The van der Waals surface area contributed by atoms with Crippen molar-refractivity contribution < 1.29 is 14.2 Å². The van der Waals surface area contributed by atoms with Crippen molar-refractivity contribution in [2.75, 3.05) is 33.0 Å². The van der Waals surface area contributed by atoms with Crippen LogP contribution in [0.15, 0.2) is 0 Å². The highest BCUT2D eigenvalue weighted by Gasteiger charge is 2.44. The molecule has 4 rings (SSSR count). The van der Waals surface area contributed by atoms with Gasteiger partial charge < -0.3 is 18.8 Å². The third-order valence-corrected chi connectivity index (χ3v) is 5.91. The highest BCUT2D eigenvalue weighted by atomic mass is 16.6. The Morgan fingerprint density at radius 3 is 2.75 bits per heavy atom. The molecule has 0 saturated carbocycles. The summed E-state index contributed by atoms with van der Waals surface area (Å²) < 4.78 is 19.8. The Kier molecular flexibility index (Phi) is 4.88. The number of fused-ring (bicyclic) bond motifs is 1. The van der Waals surface area contributed by atoms with Gasteiger partial charge in [-0.1, -0.05) is 6.42 Å². The molecule has 0 N–H and O–H groups in total. The van der Waals surface area contributed by atoms with E-state index < -0.39 is 5.60 Å². The Balaban J connectivity index is 1.68. The van der Waals surface area contributed by atoms with Crippen molar-refractivity contribution in [2.45, 2.75) is 63.5 Å². The van der Waals surface area contributed by atoms with E-state index in [0.29, 0.717) is 25.0 Å². The van der Waals surface area contributed by atoms with Crippen molar-refractivity contribution in [1.82, 2.24) is 14.8 Å². The SMILES string of the molecule is CCOC1(c2nnc3n2CCCCC3C2CCOCC2)CCOC1. The Labute approximate surface area is 143 Å². The molecule has 0 aliphatic carbocycles. The van der Waals surface area contributed by atoms with Crippen LogP contribution in [0.1, 0.15) is 63.0 Å². The van der Waals surface area contributed by atoms with E-state index in [2.05, 4.69) is 14.8 Å². The highest BCUT2D eigenvalue weighted by molar-refractivity contribution is 5.13. The van der Waals surface area contributed by atoms with Gasteiger partial charge in [0.05, 0.1) is 13.2 Å². The molecule has 0 radical (unpaired) electrons. The third kappa shape index (κ3) is 2.89. The van der Waals surface area contributed by atoms with Crippen molar-refractivity contribution in [2.24, 2.45) is 5.92 Å². The molecule has 3 aliphatic heterocycles. The lowest BCUT2D eigenvalue weighted by Crippen LogP contribution is -2.34. The smallest absolute Gasteiger partial charge is 0.167 e. The number of rotatable bonds is 4. The van der Waals surface area contributed by atoms with E-state index in [1.54, 1.807) is 0 Å². The van der Waals surface area contributed by atoms with Crippen LogP contribution in [-0.4, -0.2) is 47.8 Å². The maximum atomic E-state index is 6.15. The molecule has 4 heterocycles. The fourth-order valence-electron chi connectivity index (χ4n) is 4.65. The van der Waals surface area contributed by atoms with Gasteiger partial charge >= 0.3 is 0 Å². The molecule has 2 fully saturated rings. The first kappa shape index (κ1) is 16.5. The Hall–Kier alpha value is -0.980. The highest BCUT2D eigenvalue weighted by Crippen LogP contribution is 2.40. The Bertz CT molecular complexity index is 548. The largest absolute Gasteiger partial charge is 0.381 e. The zero-order valence-electron chi connectivity index (χ0n) is 14.7. The van der Waals surface area contributed by atoms with Gasteiger partial charge in [0.25, 0.3) is 0 Å². The van der Waals surface area contributed by atoms with Crippen LogP contribution in [0, 0.1) is 5.92 Å². The molecule has 3 aliphatic rings. The zero-order chi connectivity index (χ0) is 16.4. The summed E-state index contributed by atoms with van der Waals surface area (Å²) in [6.45, 7) is 6.84. The van der Waals surface area contributed by atoms with Gasteiger partial charge in [-0.05, 0) is 38.5 Å². The molecule has 0 bridgehead atoms. The van der Waals surface area contributed by atoms with Gasteiger partial charge in [0.1, 0.15) is 5.82 Å². The second-order valence-corrected chi connectivity index (χ2v) is 7.32. The van der Waals surface area contributed by atoms with Gasteiger partial charge in [0, 0.05) is 38.7 Å². The van der Waals surface area contributed by atoms with Crippen LogP contribution in [0.2, 0.25) is 0 Å². The maximum absolute atomic E-state index is 6.15. The third-order valence-electron chi connectivity index (χ3n) is 5.91. The summed E-state index contributed by atoms with van der Waals surface area (Å²) in [5, 5.41) is 9.32. The lowest BCUT2D eigenvalue weighted by atomic mass is 9.82. The summed E-state index contributed by atoms with van der Waals surface area (Å²) in [5.41, 5.74) is -0.398. The minimum Gasteiger partial charge on any atom is -0.381 e. The lowest BCUT2D eigenvalue weighted by Gasteiger charge is -2.30. The molecule has 0 aromatic carbocycles. The predicted octanol–water partition coefficient (Wildman–Crippen LogP) is 2.62. The molecule has 0 amide bonds. The molecule has 2 unspecified atom stereocenters. The molecule has 134 valence electrons. The fraction of sp³-hybridized carbons (Fsp3) is 0.889. The predicted molar refractivity (Wildman–Crippen MR) is 88.9 cm³/mol. The molecule has 24 heavy (non-hydrogen) atoms. The normalized spacial score (nSPS) is 31.8. The molecule has 2 saturated heterocycles. The minimum atomic E-state index is -0.398. The van der Waals surface area contributed by atoms with E-state index in [-0.39, 0.29) is 0 Å². The van der Waals surface area contributed by atoms with Crippen LogP contribution in [0.25, 0.3) is 0 Å². The molecular formula is C18H29N3O3. The van der Waals surface area contributed by atoms with Gasteiger partial charge in [0.2, 0.25) is 0 Å². The quantitative estimate of drug-likeness (QED) is 0.846. The van der Waals surface area contributed by atoms with Crippen molar-refractivity contribution in [1.29, 1.82) is 0 Å². The lowest BCUT2D eigenvalue weighted by molar-refractivity contribution is -0.0571. The van der Waals surface area contributed by atoms with Gasteiger partial charge in [-0.15, -0.1) is 10.2 Å². The van der Waals surface area contributed by atoms with Crippen LogP contribution in [0.3, 0.4) is 0 Å². The topological polar surface area (TPSA) is 58.4 Å². The first-order chi connectivity index (χ1) is 11.8. The maximum Gasteiger partial charge on any atom is 0.167 e. The molecule has 2 atom stereocenters. The standard InChI is InChI=1S/C18H29N3O3/c1-2-24-18(8-12-23-13-18)17-20-19-16-15(5-3-4-9-21(16)17)14-6-10-22-11-7-14/h14-15H,2-13H2,1H3. The molecule has 6 nitrogen and oxygen atoms in total. The second-order valence-electron chi connectivity index (χ2n) is 7.32. The van der Waals surface area contributed by atoms with Crippen molar-refractivity contribution in [3.63, 3.8) is 0 Å². The summed E-state index contributed by atoms with van der Waals surface area (Å²) in [6, 6.07) is 0. The van der Waals surface area contributed by atoms with E-state index in [9.17, 15) is 0 Å². The van der Waals surface area contributed by atoms with E-state index >= 15 is 0 Å². The van der Waals surface area contributed by atoms with Crippen LogP contribution in [0.5, 0.6) is 0 Å². The summed E-state index contributed by atoms with van der Waals surface area (Å²) in [5.74, 6) is 3.37. The molecular weight excluding hydrogens is 306 g/mol. The van der Waals surface area contributed by atoms with Crippen LogP contribution >= 0.6 is 0 Å². The molecule has 1 aromatic heterocycles. The average Bonchev–Trinajstić information content (AvgIpc) is 3.19. The van der Waals surface area contributed by atoms with E-state index in [4.69, 9.17) is 14.2 Å². The van der Waals surface area contributed by atoms with Gasteiger partial charge in [0.15, 0.2) is 11.4 Å². The zero-order valence-corrected chi connectivity index (χ0v) is 14.7. The van der Waals surface area contributed by atoms with Crippen LogP contribution in [0.4, 0.5) is 0 Å². The minimum absolute atomic E-state index is 0.398. The van der Waals surface area contributed by atoms with Crippen molar-refractivity contribution in [3.8, 4) is 0 Å². The summed E-state index contributed by atoms with van der Waals surface area (Å²) in [7, 11) is 0. The number of ether oxygens (including phenoxy) is 3. The van der Waals surface area contributed by atoms with E-state index in [0.717, 1.165) is 51.5 Å². The second kappa shape index (κ2) is 7.10. The molecule has 0 spiro atoms. The van der Waals surface area contributed by atoms with E-state index in [1.165, 1.54) is 25.1 Å². The van der Waals surface area contributed by atoms with Crippen molar-refractivity contribution >= 4 is 0 Å².